The van der Waals surface area contributed by atoms with Crippen LogP contribution in [-0.2, 0) is 11.8 Å². The number of anilines is 1. The van der Waals surface area contributed by atoms with Crippen LogP contribution in [0, 0.1) is 5.41 Å². The summed E-state index contributed by atoms with van der Waals surface area (Å²) >= 11 is 0. The molecule has 0 aliphatic heterocycles. The number of ether oxygens (including phenoxy) is 1. The molecule has 106 valence electrons. The van der Waals surface area contributed by atoms with Gasteiger partial charge < -0.3 is 15.8 Å². The fraction of sp³-hybridized carbons (Fsp3) is 0.692. The predicted octanol–water partition coefficient (Wildman–Crippen LogP) is 0.936. The van der Waals surface area contributed by atoms with Gasteiger partial charge in [0.1, 0.15) is 0 Å². The second kappa shape index (κ2) is 4.85. The Morgan fingerprint density at radius 1 is 1.68 bits per heavy atom. The molecule has 1 amide bonds. The SMILES string of the molecule is CCOC1CC(NC(=O)c2nn(C)cc2N)C1(C)C. The summed E-state index contributed by atoms with van der Waals surface area (Å²) in [6.07, 6.45) is 2.66. The number of amides is 1. The molecular formula is C13H22N4O2. The van der Waals surface area contributed by atoms with E-state index in [2.05, 4.69) is 24.3 Å². The topological polar surface area (TPSA) is 82.2 Å². The Bertz CT molecular complexity index is 481. The maximum atomic E-state index is 12.1. The molecule has 0 aromatic carbocycles. The molecule has 19 heavy (non-hydrogen) atoms. The molecule has 1 fully saturated rings. The van der Waals surface area contributed by atoms with Crippen molar-refractivity contribution < 1.29 is 9.53 Å². The van der Waals surface area contributed by atoms with E-state index in [-0.39, 0.29) is 29.2 Å². The molecule has 2 rings (SSSR count). The lowest BCUT2D eigenvalue weighted by atomic mass is 9.64. The summed E-state index contributed by atoms with van der Waals surface area (Å²) in [5.41, 5.74) is 6.38. The predicted molar refractivity (Wildman–Crippen MR) is 72.7 cm³/mol. The van der Waals surface area contributed by atoms with Crippen molar-refractivity contribution in [3.05, 3.63) is 11.9 Å². The zero-order valence-corrected chi connectivity index (χ0v) is 11.9. The Labute approximate surface area is 113 Å². The van der Waals surface area contributed by atoms with Crippen molar-refractivity contribution in [2.24, 2.45) is 12.5 Å². The molecule has 6 heteroatoms. The summed E-state index contributed by atoms with van der Waals surface area (Å²) in [5.74, 6) is -0.217. The van der Waals surface area contributed by atoms with E-state index >= 15 is 0 Å². The fourth-order valence-corrected chi connectivity index (χ4v) is 2.52. The summed E-state index contributed by atoms with van der Waals surface area (Å²) in [6, 6.07) is 0.0953. The Kier molecular flexibility index (Phi) is 3.54. The Morgan fingerprint density at radius 3 is 2.84 bits per heavy atom. The lowest BCUT2D eigenvalue weighted by Crippen LogP contribution is -2.62. The van der Waals surface area contributed by atoms with Gasteiger partial charge in [-0.2, -0.15) is 5.10 Å². The second-order valence-corrected chi connectivity index (χ2v) is 5.63. The van der Waals surface area contributed by atoms with Crippen LogP contribution in [0.3, 0.4) is 0 Å². The van der Waals surface area contributed by atoms with Crippen LogP contribution in [0.2, 0.25) is 0 Å². The van der Waals surface area contributed by atoms with Crippen LogP contribution < -0.4 is 11.1 Å². The Hall–Kier alpha value is -1.56. The molecule has 0 spiro atoms. The van der Waals surface area contributed by atoms with Crippen LogP contribution in [0.15, 0.2) is 6.20 Å². The van der Waals surface area contributed by atoms with Crippen molar-refractivity contribution in [3.63, 3.8) is 0 Å². The standard InChI is InChI=1S/C13H22N4O2/c1-5-19-10-6-9(13(10,2)3)15-12(18)11-8(14)7-17(4)16-11/h7,9-10H,5-6,14H2,1-4H3,(H,15,18). The van der Waals surface area contributed by atoms with Crippen molar-refractivity contribution in [1.82, 2.24) is 15.1 Å². The van der Waals surface area contributed by atoms with Crippen molar-refractivity contribution in [1.29, 1.82) is 0 Å². The van der Waals surface area contributed by atoms with Gasteiger partial charge in [-0.25, -0.2) is 0 Å². The van der Waals surface area contributed by atoms with Crippen LogP contribution in [0.4, 0.5) is 5.69 Å². The normalized spacial score (nSPS) is 24.8. The Morgan fingerprint density at radius 2 is 2.37 bits per heavy atom. The number of nitrogens with one attached hydrogen (secondary N) is 1. The number of aryl methyl sites for hydroxylation is 1. The lowest BCUT2D eigenvalue weighted by Gasteiger charge is -2.51. The minimum absolute atomic E-state index is 0.0603. The number of carbonyl (C=O) groups excluding carboxylic acids is 1. The van der Waals surface area contributed by atoms with E-state index in [1.54, 1.807) is 17.9 Å². The highest BCUT2D eigenvalue weighted by Crippen LogP contribution is 2.42. The average molecular weight is 266 g/mol. The third-order valence-corrected chi connectivity index (χ3v) is 3.92. The second-order valence-electron chi connectivity index (χ2n) is 5.63. The van der Waals surface area contributed by atoms with Gasteiger partial charge in [0.2, 0.25) is 0 Å². The highest BCUT2D eigenvalue weighted by atomic mass is 16.5. The van der Waals surface area contributed by atoms with Crippen LogP contribution in [0.25, 0.3) is 0 Å². The van der Waals surface area contributed by atoms with Crippen molar-refractivity contribution in [3.8, 4) is 0 Å². The zero-order valence-electron chi connectivity index (χ0n) is 11.9. The number of rotatable bonds is 4. The van der Waals surface area contributed by atoms with Gasteiger partial charge in [-0.1, -0.05) is 13.8 Å². The molecule has 1 heterocycles. The Balaban J connectivity index is 2.00. The first-order valence-electron chi connectivity index (χ1n) is 6.57. The first-order valence-corrected chi connectivity index (χ1v) is 6.57. The van der Waals surface area contributed by atoms with E-state index in [4.69, 9.17) is 10.5 Å². The van der Waals surface area contributed by atoms with Crippen molar-refractivity contribution in [2.45, 2.75) is 39.3 Å². The van der Waals surface area contributed by atoms with Crippen LogP contribution in [0.5, 0.6) is 0 Å². The third kappa shape index (κ3) is 2.45. The van der Waals surface area contributed by atoms with E-state index < -0.39 is 0 Å². The first-order chi connectivity index (χ1) is 8.86. The van der Waals surface area contributed by atoms with Gasteiger partial charge in [0.25, 0.3) is 5.91 Å². The van der Waals surface area contributed by atoms with E-state index in [0.717, 1.165) is 6.42 Å². The largest absolute Gasteiger partial charge is 0.396 e. The summed E-state index contributed by atoms with van der Waals surface area (Å²) < 4.78 is 7.18. The average Bonchev–Trinajstić information content (AvgIpc) is 2.67. The molecule has 1 aliphatic carbocycles. The highest BCUT2D eigenvalue weighted by molar-refractivity contribution is 5.97. The maximum Gasteiger partial charge on any atom is 0.274 e. The lowest BCUT2D eigenvalue weighted by molar-refractivity contribution is -0.111. The first kappa shape index (κ1) is 13.9. The zero-order chi connectivity index (χ0) is 14.2. The fourth-order valence-electron chi connectivity index (χ4n) is 2.52. The summed E-state index contributed by atoms with van der Waals surface area (Å²) in [6.45, 7) is 6.88. The molecule has 1 aliphatic rings. The number of nitrogens with two attached hydrogens (primary N) is 1. The van der Waals surface area contributed by atoms with Gasteiger partial charge >= 0.3 is 0 Å². The minimum atomic E-state index is -0.217. The number of hydrogen-bond acceptors (Lipinski definition) is 4. The molecule has 0 bridgehead atoms. The van der Waals surface area contributed by atoms with Gasteiger partial charge in [-0.3, -0.25) is 9.48 Å². The van der Waals surface area contributed by atoms with Gasteiger partial charge in [0, 0.05) is 31.3 Å². The summed E-state index contributed by atoms with van der Waals surface area (Å²) in [4.78, 5) is 12.1. The van der Waals surface area contributed by atoms with E-state index in [0.29, 0.717) is 12.3 Å². The van der Waals surface area contributed by atoms with E-state index in [1.807, 2.05) is 6.92 Å². The number of aromatic nitrogens is 2. The van der Waals surface area contributed by atoms with Crippen LogP contribution in [0.1, 0.15) is 37.7 Å². The molecule has 0 saturated heterocycles. The van der Waals surface area contributed by atoms with Gasteiger partial charge in [0.05, 0.1) is 11.8 Å². The molecule has 0 radical (unpaired) electrons. The molecule has 1 saturated carbocycles. The molecule has 6 nitrogen and oxygen atoms in total. The third-order valence-electron chi connectivity index (χ3n) is 3.92. The monoisotopic (exact) mass is 266 g/mol. The number of nitrogens with zero attached hydrogens (tertiary/aromatic N) is 2. The molecule has 2 atom stereocenters. The molecule has 2 unspecified atom stereocenters. The van der Waals surface area contributed by atoms with Crippen molar-refractivity contribution >= 4 is 11.6 Å². The summed E-state index contributed by atoms with van der Waals surface area (Å²) in [7, 11) is 1.74. The quantitative estimate of drug-likeness (QED) is 0.849. The highest BCUT2D eigenvalue weighted by Gasteiger charge is 2.49. The minimum Gasteiger partial charge on any atom is -0.396 e. The number of nitrogen functional groups attached to an aromatic ring is 1. The molecule has 1 aromatic rings. The van der Waals surface area contributed by atoms with E-state index in [9.17, 15) is 4.79 Å². The van der Waals surface area contributed by atoms with Crippen LogP contribution in [-0.4, -0.2) is 34.4 Å². The van der Waals surface area contributed by atoms with Crippen LogP contribution >= 0.6 is 0 Å². The van der Waals surface area contributed by atoms with Gasteiger partial charge in [-0.05, 0) is 13.3 Å². The number of carbonyl (C=O) groups is 1. The summed E-state index contributed by atoms with van der Waals surface area (Å²) in [5, 5.41) is 7.06. The van der Waals surface area contributed by atoms with Crippen molar-refractivity contribution in [2.75, 3.05) is 12.3 Å². The van der Waals surface area contributed by atoms with Gasteiger partial charge in [0.15, 0.2) is 5.69 Å². The van der Waals surface area contributed by atoms with Gasteiger partial charge in [-0.15, -0.1) is 0 Å². The van der Waals surface area contributed by atoms with E-state index in [1.165, 1.54) is 0 Å². The molecule has 3 N–H and O–H groups in total. The molecule has 1 aromatic heterocycles. The molecular weight excluding hydrogens is 244 g/mol. The smallest absolute Gasteiger partial charge is 0.274 e. The maximum absolute atomic E-state index is 12.1. The number of hydrogen-bond donors (Lipinski definition) is 2.